The molecule has 1 atom stereocenters. The van der Waals surface area contributed by atoms with Crippen LogP contribution in [0.25, 0.3) is 0 Å². The highest BCUT2D eigenvalue weighted by Gasteiger charge is 2.33. The lowest BCUT2D eigenvalue weighted by Crippen LogP contribution is -2.41. The van der Waals surface area contributed by atoms with Gasteiger partial charge in [0.15, 0.2) is 0 Å². The number of rotatable bonds is 6. The fraction of sp³-hybridized carbons (Fsp3) is 0.833. The van der Waals surface area contributed by atoms with Gasteiger partial charge in [-0.1, -0.05) is 13.8 Å². The Morgan fingerprint density at radius 1 is 1.47 bits per heavy atom. The zero-order valence-electron chi connectivity index (χ0n) is 10.5. The Balaban J connectivity index is 2.29. The van der Waals surface area contributed by atoms with Crippen LogP contribution in [0.5, 0.6) is 0 Å². The molecule has 0 aliphatic carbocycles. The molecule has 0 radical (unpaired) electrons. The Morgan fingerprint density at radius 2 is 2.18 bits per heavy atom. The van der Waals surface area contributed by atoms with Gasteiger partial charge in [0.05, 0.1) is 5.75 Å². The zero-order valence-corrected chi connectivity index (χ0v) is 11.3. The van der Waals surface area contributed by atoms with E-state index in [1.54, 1.807) is 11.8 Å². The van der Waals surface area contributed by atoms with Crippen molar-refractivity contribution in [2.75, 3.05) is 18.1 Å². The summed E-state index contributed by atoms with van der Waals surface area (Å²) >= 11 is 1.61. The number of thioether (sulfide) groups is 1. The predicted octanol–water partition coefficient (Wildman–Crippen LogP) is 1.84. The van der Waals surface area contributed by atoms with Gasteiger partial charge in [-0.15, -0.1) is 0 Å². The molecule has 4 nitrogen and oxygen atoms in total. The summed E-state index contributed by atoms with van der Waals surface area (Å²) in [6.07, 6.45) is 2.50. The number of carbonyl (C=O) groups excluding carboxylic acids is 1. The molecule has 1 aliphatic heterocycles. The monoisotopic (exact) mass is 259 g/mol. The largest absolute Gasteiger partial charge is 0.480 e. The summed E-state index contributed by atoms with van der Waals surface area (Å²) in [5.41, 5.74) is 0. The van der Waals surface area contributed by atoms with Crippen molar-refractivity contribution in [3.63, 3.8) is 0 Å². The Hall–Kier alpha value is -0.710. The summed E-state index contributed by atoms with van der Waals surface area (Å²) in [6, 6.07) is -0.590. The van der Waals surface area contributed by atoms with Gasteiger partial charge < -0.3 is 10.0 Å². The molecule has 0 aromatic rings. The van der Waals surface area contributed by atoms with E-state index < -0.39 is 12.0 Å². The van der Waals surface area contributed by atoms with Crippen molar-refractivity contribution in [2.24, 2.45) is 5.92 Å². The van der Waals surface area contributed by atoms with Crippen molar-refractivity contribution >= 4 is 23.6 Å². The zero-order chi connectivity index (χ0) is 12.8. The molecule has 0 aromatic heterocycles. The minimum Gasteiger partial charge on any atom is -0.480 e. The van der Waals surface area contributed by atoms with Crippen LogP contribution in [0.2, 0.25) is 0 Å². The van der Waals surface area contributed by atoms with E-state index >= 15 is 0 Å². The molecule has 98 valence electrons. The highest BCUT2D eigenvalue weighted by atomic mass is 32.2. The average molecular weight is 259 g/mol. The van der Waals surface area contributed by atoms with Crippen LogP contribution in [0.1, 0.15) is 33.1 Å². The van der Waals surface area contributed by atoms with Crippen molar-refractivity contribution in [1.29, 1.82) is 0 Å². The van der Waals surface area contributed by atoms with E-state index in [2.05, 4.69) is 13.8 Å². The first-order valence-electron chi connectivity index (χ1n) is 6.12. The second kappa shape index (κ2) is 6.89. The molecule has 1 heterocycles. The van der Waals surface area contributed by atoms with Gasteiger partial charge in [-0.25, -0.2) is 4.79 Å². The van der Waals surface area contributed by atoms with Crippen molar-refractivity contribution in [3.8, 4) is 0 Å². The molecule has 0 unspecified atom stereocenters. The van der Waals surface area contributed by atoms with Crippen LogP contribution in [0.4, 0.5) is 0 Å². The molecule has 0 aromatic carbocycles. The van der Waals surface area contributed by atoms with Gasteiger partial charge in [0.25, 0.3) is 0 Å². The average Bonchev–Trinajstić information content (AvgIpc) is 2.72. The van der Waals surface area contributed by atoms with Crippen LogP contribution in [0, 0.1) is 5.92 Å². The lowest BCUT2D eigenvalue weighted by atomic mass is 10.2. The molecule has 1 saturated heterocycles. The number of amides is 1. The minimum atomic E-state index is -0.872. The molecule has 0 saturated carbocycles. The van der Waals surface area contributed by atoms with Crippen LogP contribution < -0.4 is 0 Å². The van der Waals surface area contributed by atoms with E-state index in [1.165, 1.54) is 4.90 Å². The molecule has 1 N–H and O–H groups in total. The standard InChI is InChI=1S/C12H21NO3S/c1-9(2)5-7-17-8-11(14)13-6-3-4-10(13)12(15)16/h9-10H,3-8H2,1-2H3,(H,15,16)/t10-/m1/s1. The van der Waals surface area contributed by atoms with Gasteiger partial charge in [0.1, 0.15) is 6.04 Å². The fourth-order valence-corrected chi connectivity index (χ4v) is 3.01. The third-order valence-corrected chi connectivity index (χ3v) is 3.90. The number of likely N-dealkylation sites (tertiary alicyclic amines) is 1. The first-order valence-corrected chi connectivity index (χ1v) is 7.28. The maximum Gasteiger partial charge on any atom is 0.326 e. The number of aliphatic carboxylic acids is 1. The number of hydrogen-bond donors (Lipinski definition) is 1. The Kier molecular flexibility index (Phi) is 5.82. The Bertz CT molecular complexity index is 281. The number of carboxylic acid groups (broad SMARTS) is 1. The summed E-state index contributed by atoms with van der Waals surface area (Å²) in [4.78, 5) is 24.3. The number of nitrogens with zero attached hydrogens (tertiary/aromatic N) is 1. The van der Waals surface area contributed by atoms with Gasteiger partial charge in [0, 0.05) is 6.54 Å². The van der Waals surface area contributed by atoms with Crippen LogP contribution in [-0.4, -0.2) is 46.0 Å². The van der Waals surface area contributed by atoms with Crippen LogP contribution in [0.15, 0.2) is 0 Å². The maximum atomic E-state index is 11.8. The smallest absolute Gasteiger partial charge is 0.326 e. The summed E-state index contributed by atoms with van der Waals surface area (Å²) in [5, 5.41) is 8.98. The minimum absolute atomic E-state index is 0.0244. The quantitative estimate of drug-likeness (QED) is 0.739. The van der Waals surface area contributed by atoms with E-state index in [4.69, 9.17) is 5.11 Å². The topological polar surface area (TPSA) is 57.6 Å². The second-order valence-corrected chi connectivity index (χ2v) is 5.92. The van der Waals surface area contributed by atoms with Crippen molar-refractivity contribution < 1.29 is 14.7 Å². The van der Waals surface area contributed by atoms with Gasteiger partial charge >= 0.3 is 5.97 Å². The number of carboxylic acids is 1. The van der Waals surface area contributed by atoms with Crippen LogP contribution in [-0.2, 0) is 9.59 Å². The first-order chi connectivity index (χ1) is 8.02. The molecular weight excluding hydrogens is 238 g/mol. The molecular formula is C12H21NO3S. The molecule has 1 rings (SSSR count). The van der Waals surface area contributed by atoms with Gasteiger partial charge in [-0.3, -0.25) is 4.79 Å². The highest BCUT2D eigenvalue weighted by Crippen LogP contribution is 2.19. The molecule has 5 heteroatoms. The molecule has 17 heavy (non-hydrogen) atoms. The fourth-order valence-electron chi connectivity index (χ4n) is 1.88. The first kappa shape index (κ1) is 14.4. The number of hydrogen-bond acceptors (Lipinski definition) is 3. The van der Waals surface area contributed by atoms with E-state index in [9.17, 15) is 9.59 Å². The lowest BCUT2D eigenvalue weighted by Gasteiger charge is -2.21. The van der Waals surface area contributed by atoms with Crippen molar-refractivity contribution in [1.82, 2.24) is 4.90 Å². The Morgan fingerprint density at radius 3 is 2.76 bits per heavy atom. The SMILES string of the molecule is CC(C)CCSCC(=O)N1CCC[C@@H]1C(=O)O. The normalized spacial score (nSPS) is 19.9. The second-order valence-electron chi connectivity index (χ2n) is 4.82. The number of carbonyl (C=O) groups is 2. The van der Waals surface area contributed by atoms with Gasteiger partial charge in [-0.2, -0.15) is 11.8 Å². The van der Waals surface area contributed by atoms with Crippen molar-refractivity contribution in [2.45, 2.75) is 39.2 Å². The molecule has 0 spiro atoms. The van der Waals surface area contributed by atoms with E-state index in [-0.39, 0.29) is 5.91 Å². The third kappa shape index (κ3) is 4.58. The van der Waals surface area contributed by atoms with Crippen molar-refractivity contribution in [3.05, 3.63) is 0 Å². The molecule has 0 bridgehead atoms. The van der Waals surface area contributed by atoms with E-state index in [1.807, 2.05) is 0 Å². The third-order valence-electron chi connectivity index (χ3n) is 2.92. The lowest BCUT2D eigenvalue weighted by molar-refractivity contribution is -0.147. The summed E-state index contributed by atoms with van der Waals surface area (Å²) in [7, 11) is 0. The van der Waals surface area contributed by atoms with Crippen LogP contribution in [0.3, 0.4) is 0 Å². The van der Waals surface area contributed by atoms with E-state index in [0.29, 0.717) is 24.6 Å². The van der Waals surface area contributed by atoms with Crippen LogP contribution >= 0.6 is 11.8 Å². The summed E-state index contributed by atoms with van der Waals surface area (Å²) < 4.78 is 0. The highest BCUT2D eigenvalue weighted by molar-refractivity contribution is 7.99. The Labute approximate surface area is 107 Å². The molecule has 1 amide bonds. The van der Waals surface area contributed by atoms with E-state index in [0.717, 1.165) is 18.6 Å². The molecule has 1 aliphatic rings. The summed E-state index contributed by atoms with van der Waals surface area (Å²) in [5.74, 6) is 1.13. The van der Waals surface area contributed by atoms with Gasteiger partial charge in [0.2, 0.25) is 5.91 Å². The summed E-state index contributed by atoms with van der Waals surface area (Å²) in [6.45, 7) is 4.91. The maximum absolute atomic E-state index is 11.8. The predicted molar refractivity (Wildman–Crippen MR) is 69.2 cm³/mol. The molecule has 1 fully saturated rings. The van der Waals surface area contributed by atoms with Gasteiger partial charge in [-0.05, 0) is 30.9 Å².